The molecule has 0 radical (unpaired) electrons. The molecule has 3 rings (SSSR count). The van der Waals surface area contributed by atoms with Gasteiger partial charge in [0.25, 0.3) is 0 Å². The number of aromatic nitrogens is 3. The Morgan fingerprint density at radius 3 is 3.00 bits per heavy atom. The van der Waals surface area contributed by atoms with Gasteiger partial charge in [0.2, 0.25) is 5.91 Å². The maximum atomic E-state index is 12.3. The Labute approximate surface area is 150 Å². The SMILES string of the molecule is CSCCC(NC(=O)/C=C/c1ccc(C)o1)c1nnc2ccccn12. The summed E-state index contributed by atoms with van der Waals surface area (Å²) in [5.41, 5.74) is 0.766. The van der Waals surface area contributed by atoms with Crippen LogP contribution in [-0.4, -0.2) is 32.5 Å². The quantitative estimate of drug-likeness (QED) is 0.658. The highest BCUT2D eigenvalue weighted by atomic mass is 32.2. The molecule has 1 N–H and O–H groups in total. The average molecular weight is 356 g/mol. The maximum absolute atomic E-state index is 12.3. The van der Waals surface area contributed by atoms with Gasteiger partial charge in [-0.1, -0.05) is 6.07 Å². The Kier molecular flexibility index (Phi) is 5.55. The molecule has 3 heterocycles. The van der Waals surface area contributed by atoms with Gasteiger partial charge in [-0.25, -0.2) is 0 Å². The van der Waals surface area contributed by atoms with Crippen LogP contribution < -0.4 is 5.32 Å². The fraction of sp³-hybridized carbons (Fsp3) is 0.278. The summed E-state index contributed by atoms with van der Waals surface area (Å²) in [6, 6.07) is 9.21. The van der Waals surface area contributed by atoms with E-state index in [0.717, 1.165) is 29.4 Å². The van der Waals surface area contributed by atoms with Crippen LogP contribution in [0.3, 0.4) is 0 Å². The predicted octanol–water partition coefficient (Wildman–Crippen LogP) is 3.25. The molecule has 3 aromatic rings. The van der Waals surface area contributed by atoms with E-state index in [9.17, 15) is 4.79 Å². The van der Waals surface area contributed by atoms with Gasteiger partial charge in [-0.2, -0.15) is 11.8 Å². The monoisotopic (exact) mass is 356 g/mol. The zero-order chi connectivity index (χ0) is 17.6. The molecule has 0 saturated heterocycles. The summed E-state index contributed by atoms with van der Waals surface area (Å²) in [5.74, 6) is 2.93. The van der Waals surface area contributed by atoms with Crippen LogP contribution in [0.1, 0.15) is 29.8 Å². The average Bonchev–Trinajstić information content (AvgIpc) is 3.23. The van der Waals surface area contributed by atoms with Gasteiger partial charge in [-0.05, 0) is 55.7 Å². The largest absolute Gasteiger partial charge is 0.462 e. The van der Waals surface area contributed by atoms with E-state index in [1.807, 2.05) is 54.1 Å². The summed E-state index contributed by atoms with van der Waals surface area (Å²) in [6.45, 7) is 1.87. The Balaban J connectivity index is 1.76. The van der Waals surface area contributed by atoms with E-state index in [1.54, 1.807) is 17.8 Å². The number of pyridine rings is 1. The van der Waals surface area contributed by atoms with Crippen LogP contribution in [0.4, 0.5) is 0 Å². The van der Waals surface area contributed by atoms with Gasteiger partial charge in [-0.15, -0.1) is 10.2 Å². The second-order valence-corrected chi connectivity index (χ2v) is 6.60. The number of amides is 1. The van der Waals surface area contributed by atoms with E-state index in [1.165, 1.54) is 6.08 Å². The number of carbonyl (C=O) groups excluding carboxylic acids is 1. The highest BCUT2D eigenvalue weighted by Crippen LogP contribution is 2.18. The number of thioether (sulfide) groups is 1. The molecule has 1 unspecified atom stereocenters. The smallest absolute Gasteiger partial charge is 0.244 e. The minimum atomic E-state index is -0.208. The van der Waals surface area contributed by atoms with E-state index in [0.29, 0.717) is 5.76 Å². The van der Waals surface area contributed by atoms with Crippen molar-refractivity contribution in [1.82, 2.24) is 19.9 Å². The standard InChI is InChI=1S/C18H20N4O2S/c1-13-6-7-14(24-13)8-9-17(23)19-15(10-12-25-2)18-21-20-16-5-3-4-11-22(16)18/h3-9,11,15H,10,12H2,1-2H3,(H,19,23)/b9-8+. The van der Waals surface area contributed by atoms with Crippen molar-refractivity contribution in [3.05, 3.63) is 59.9 Å². The van der Waals surface area contributed by atoms with Gasteiger partial charge in [0.15, 0.2) is 11.5 Å². The van der Waals surface area contributed by atoms with E-state index in [2.05, 4.69) is 15.5 Å². The van der Waals surface area contributed by atoms with Crippen molar-refractivity contribution in [2.45, 2.75) is 19.4 Å². The van der Waals surface area contributed by atoms with Gasteiger partial charge >= 0.3 is 0 Å². The Morgan fingerprint density at radius 1 is 1.36 bits per heavy atom. The van der Waals surface area contributed by atoms with E-state index in [-0.39, 0.29) is 11.9 Å². The van der Waals surface area contributed by atoms with Crippen LogP contribution >= 0.6 is 11.8 Å². The molecule has 0 spiro atoms. The number of nitrogens with zero attached hydrogens (tertiary/aromatic N) is 3. The van der Waals surface area contributed by atoms with Gasteiger partial charge in [0, 0.05) is 12.3 Å². The minimum Gasteiger partial charge on any atom is -0.462 e. The zero-order valence-corrected chi connectivity index (χ0v) is 15.0. The normalized spacial score (nSPS) is 12.7. The molecular weight excluding hydrogens is 336 g/mol. The number of fused-ring (bicyclic) bond motifs is 1. The first-order valence-corrected chi connectivity index (χ1v) is 9.40. The number of carbonyl (C=O) groups is 1. The number of nitrogens with one attached hydrogen (secondary N) is 1. The summed E-state index contributed by atoms with van der Waals surface area (Å²) >= 11 is 1.73. The van der Waals surface area contributed by atoms with Crippen molar-refractivity contribution in [1.29, 1.82) is 0 Å². The number of hydrogen-bond donors (Lipinski definition) is 1. The molecule has 0 aromatic carbocycles. The fourth-order valence-electron chi connectivity index (χ4n) is 2.52. The van der Waals surface area contributed by atoms with Crippen LogP contribution in [0.15, 0.2) is 47.0 Å². The van der Waals surface area contributed by atoms with E-state index in [4.69, 9.17) is 4.42 Å². The lowest BCUT2D eigenvalue weighted by molar-refractivity contribution is -0.117. The van der Waals surface area contributed by atoms with Crippen LogP contribution in [0.25, 0.3) is 11.7 Å². The van der Waals surface area contributed by atoms with Gasteiger partial charge in [-0.3, -0.25) is 9.20 Å². The van der Waals surface area contributed by atoms with Crippen molar-refractivity contribution in [3.8, 4) is 0 Å². The lowest BCUT2D eigenvalue weighted by Crippen LogP contribution is -2.29. The minimum absolute atomic E-state index is 0.187. The molecule has 6 nitrogen and oxygen atoms in total. The van der Waals surface area contributed by atoms with E-state index < -0.39 is 0 Å². The lowest BCUT2D eigenvalue weighted by atomic mass is 10.2. The van der Waals surface area contributed by atoms with Gasteiger partial charge in [0.1, 0.15) is 11.5 Å². The van der Waals surface area contributed by atoms with Crippen LogP contribution in [0.2, 0.25) is 0 Å². The molecule has 0 saturated carbocycles. The summed E-state index contributed by atoms with van der Waals surface area (Å²) in [5, 5.41) is 11.5. The zero-order valence-electron chi connectivity index (χ0n) is 14.2. The van der Waals surface area contributed by atoms with Crippen LogP contribution in [0, 0.1) is 6.92 Å². The van der Waals surface area contributed by atoms with Gasteiger partial charge in [0.05, 0.1) is 6.04 Å². The Hall–Kier alpha value is -2.54. The molecule has 0 fully saturated rings. The third-order valence-electron chi connectivity index (χ3n) is 3.74. The third-order valence-corrected chi connectivity index (χ3v) is 4.38. The van der Waals surface area contributed by atoms with Crippen LogP contribution in [0.5, 0.6) is 0 Å². The van der Waals surface area contributed by atoms with Gasteiger partial charge < -0.3 is 9.73 Å². The molecule has 0 aliphatic rings. The van der Waals surface area contributed by atoms with Crippen LogP contribution in [-0.2, 0) is 4.79 Å². The summed E-state index contributed by atoms with van der Waals surface area (Å²) in [7, 11) is 0. The molecule has 0 aliphatic heterocycles. The fourth-order valence-corrected chi connectivity index (χ4v) is 2.99. The lowest BCUT2D eigenvalue weighted by Gasteiger charge is -2.15. The second-order valence-electron chi connectivity index (χ2n) is 5.61. The topological polar surface area (TPSA) is 72.4 Å². The van der Waals surface area contributed by atoms with Crippen molar-refractivity contribution in [3.63, 3.8) is 0 Å². The third kappa shape index (κ3) is 4.30. The van der Waals surface area contributed by atoms with E-state index >= 15 is 0 Å². The summed E-state index contributed by atoms with van der Waals surface area (Å²) in [6.07, 6.45) is 7.87. The van der Waals surface area contributed by atoms with Crippen molar-refractivity contribution >= 4 is 29.4 Å². The first kappa shape index (κ1) is 17.3. The first-order valence-electron chi connectivity index (χ1n) is 8.01. The highest BCUT2D eigenvalue weighted by molar-refractivity contribution is 7.98. The molecule has 0 bridgehead atoms. The number of furan rings is 1. The van der Waals surface area contributed by atoms with Crippen molar-refractivity contribution < 1.29 is 9.21 Å². The molecular formula is C18H20N4O2S. The van der Waals surface area contributed by atoms with Crippen molar-refractivity contribution in [2.75, 3.05) is 12.0 Å². The molecule has 1 atom stereocenters. The molecule has 7 heteroatoms. The predicted molar refractivity (Wildman–Crippen MR) is 99.3 cm³/mol. The second kappa shape index (κ2) is 8.02. The summed E-state index contributed by atoms with van der Waals surface area (Å²) in [4.78, 5) is 12.3. The maximum Gasteiger partial charge on any atom is 0.244 e. The number of aryl methyl sites for hydroxylation is 1. The molecule has 1 amide bonds. The molecule has 0 aliphatic carbocycles. The molecule has 3 aromatic heterocycles. The number of hydrogen-bond acceptors (Lipinski definition) is 5. The van der Waals surface area contributed by atoms with Crippen molar-refractivity contribution in [2.24, 2.45) is 0 Å². The first-order chi connectivity index (χ1) is 12.2. The number of rotatable bonds is 7. The highest BCUT2D eigenvalue weighted by Gasteiger charge is 2.19. The summed E-state index contributed by atoms with van der Waals surface area (Å²) < 4.78 is 7.34. The Bertz CT molecular complexity index is 884. The molecule has 130 valence electrons. The molecule has 25 heavy (non-hydrogen) atoms. The Morgan fingerprint density at radius 2 is 2.24 bits per heavy atom.